The van der Waals surface area contributed by atoms with Gasteiger partial charge >= 0.3 is 0 Å². The van der Waals surface area contributed by atoms with Crippen LogP contribution in [0, 0.1) is 12.7 Å². The van der Waals surface area contributed by atoms with E-state index >= 15 is 0 Å². The molecule has 1 aromatic rings. The lowest BCUT2D eigenvalue weighted by Gasteiger charge is -2.06. The van der Waals surface area contributed by atoms with Gasteiger partial charge in [-0.2, -0.15) is 0 Å². The van der Waals surface area contributed by atoms with Crippen molar-refractivity contribution in [1.82, 2.24) is 0 Å². The molecule has 0 bridgehead atoms. The number of benzene rings is 1. The summed E-state index contributed by atoms with van der Waals surface area (Å²) in [6, 6.07) is 4.69. The maximum absolute atomic E-state index is 13.0. The molecule has 0 radical (unpaired) electrons. The highest BCUT2D eigenvalue weighted by Crippen LogP contribution is 2.14. The van der Waals surface area contributed by atoms with E-state index in [1.165, 1.54) is 6.07 Å². The van der Waals surface area contributed by atoms with Gasteiger partial charge in [0.1, 0.15) is 5.82 Å². The molecular formula is C10H12FN. The summed E-state index contributed by atoms with van der Waals surface area (Å²) in [5.74, 6) is -0.218. The molecule has 2 heteroatoms. The summed E-state index contributed by atoms with van der Waals surface area (Å²) in [7, 11) is 0. The van der Waals surface area contributed by atoms with Crippen LogP contribution in [0.3, 0.4) is 0 Å². The summed E-state index contributed by atoms with van der Waals surface area (Å²) in [5.41, 5.74) is 7.02. The maximum atomic E-state index is 13.0. The molecule has 0 aliphatic carbocycles. The SMILES string of the molecule is C=CC(N)c1ccc(C)c(F)c1. The van der Waals surface area contributed by atoms with Gasteiger partial charge in [-0.25, -0.2) is 4.39 Å². The number of halogens is 1. The fourth-order valence-corrected chi connectivity index (χ4v) is 0.953. The fraction of sp³-hybridized carbons (Fsp3) is 0.200. The van der Waals surface area contributed by atoms with Crippen LogP contribution < -0.4 is 5.73 Å². The van der Waals surface area contributed by atoms with Crippen molar-refractivity contribution in [3.05, 3.63) is 47.8 Å². The van der Waals surface area contributed by atoms with E-state index in [1.807, 2.05) is 6.07 Å². The number of hydrogen-bond donors (Lipinski definition) is 1. The van der Waals surface area contributed by atoms with Crippen molar-refractivity contribution in [3.63, 3.8) is 0 Å². The number of hydrogen-bond acceptors (Lipinski definition) is 1. The normalized spacial score (nSPS) is 12.6. The minimum atomic E-state index is -0.278. The molecule has 1 rings (SSSR count). The van der Waals surface area contributed by atoms with Gasteiger partial charge < -0.3 is 5.73 Å². The van der Waals surface area contributed by atoms with Gasteiger partial charge in [0.15, 0.2) is 0 Å². The van der Waals surface area contributed by atoms with E-state index in [9.17, 15) is 4.39 Å². The van der Waals surface area contributed by atoms with Crippen LogP contribution >= 0.6 is 0 Å². The fourth-order valence-electron chi connectivity index (χ4n) is 0.953. The van der Waals surface area contributed by atoms with E-state index in [0.29, 0.717) is 5.56 Å². The average molecular weight is 165 g/mol. The highest BCUT2D eigenvalue weighted by Gasteiger charge is 2.03. The van der Waals surface area contributed by atoms with Crippen molar-refractivity contribution in [2.75, 3.05) is 0 Å². The smallest absolute Gasteiger partial charge is 0.126 e. The third kappa shape index (κ3) is 1.71. The number of aryl methyl sites for hydroxylation is 1. The van der Waals surface area contributed by atoms with Crippen LogP contribution in [-0.4, -0.2) is 0 Å². The van der Waals surface area contributed by atoms with Gasteiger partial charge in [0.2, 0.25) is 0 Å². The lowest BCUT2D eigenvalue weighted by molar-refractivity contribution is 0.615. The summed E-state index contributed by atoms with van der Waals surface area (Å²) < 4.78 is 13.0. The van der Waals surface area contributed by atoms with Gasteiger partial charge in [0.25, 0.3) is 0 Å². The Balaban J connectivity index is 3.04. The first-order valence-electron chi connectivity index (χ1n) is 3.79. The minimum absolute atomic E-state index is 0.218. The zero-order valence-corrected chi connectivity index (χ0v) is 7.05. The Kier molecular flexibility index (Phi) is 2.61. The van der Waals surface area contributed by atoms with Crippen LogP contribution in [0.2, 0.25) is 0 Å². The van der Waals surface area contributed by atoms with E-state index in [4.69, 9.17) is 5.73 Å². The first-order chi connectivity index (χ1) is 5.65. The van der Waals surface area contributed by atoms with Gasteiger partial charge in [-0.3, -0.25) is 0 Å². The van der Waals surface area contributed by atoms with Crippen molar-refractivity contribution in [3.8, 4) is 0 Å². The van der Waals surface area contributed by atoms with Gasteiger partial charge in [-0.05, 0) is 24.1 Å². The van der Waals surface area contributed by atoms with Crippen molar-refractivity contribution in [2.45, 2.75) is 13.0 Å². The Morgan fingerprint density at radius 2 is 2.25 bits per heavy atom. The van der Waals surface area contributed by atoms with E-state index in [0.717, 1.165) is 5.56 Å². The van der Waals surface area contributed by atoms with Gasteiger partial charge in [-0.1, -0.05) is 18.2 Å². The van der Waals surface area contributed by atoms with Crippen molar-refractivity contribution in [1.29, 1.82) is 0 Å². The summed E-state index contributed by atoms with van der Waals surface area (Å²) >= 11 is 0. The minimum Gasteiger partial charge on any atom is -0.321 e. The molecule has 0 amide bonds. The lowest BCUT2D eigenvalue weighted by atomic mass is 10.1. The molecule has 64 valence electrons. The van der Waals surface area contributed by atoms with Gasteiger partial charge in [-0.15, -0.1) is 6.58 Å². The summed E-state index contributed by atoms with van der Waals surface area (Å²) in [6.07, 6.45) is 1.59. The molecule has 1 aromatic carbocycles. The molecule has 0 spiro atoms. The Labute approximate surface area is 71.7 Å². The standard InChI is InChI=1S/C10H12FN/c1-3-10(12)8-5-4-7(2)9(11)6-8/h3-6,10H,1,12H2,2H3. The quantitative estimate of drug-likeness (QED) is 0.669. The Hall–Kier alpha value is -1.15. The van der Waals surface area contributed by atoms with Crippen LogP contribution in [0.1, 0.15) is 17.2 Å². The monoisotopic (exact) mass is 165 g/mol. The molecule has 1 atom stereocenters. The zero-order chi connectivity index (χ0) is 9.14. The summed E-state index contributed by atoms with van der Waals surface area (Å²) in [4.78, 5) is 0. The summed E-state index contributed by atoms with van der Waals surface area (Å²) in [5, 5.41) is 0. The molecule has 1 unspecified atom stereocenters. The molecular weight excluding hydrogens is 153 g/mol. The zero-order valence-electron chi connectivity index (χ0n) is 7.05. The third-order valence-corrected chi connectivity index (χ3v) is 1.83. The second-order valence-corrected chi connectivity index (χ2v) is 2.77. The predicted molar refractivity (Wildman–Crippen MR) is 48.3 cm³/mol. The van der Waals surface area contributed by atoms with Crippen LogP contribution in [-0.2, 0) is 0 Å². The van der Waals surface area contributed by atoms with E-state index < -0.39 is 0 Å². The van der Waals surface area contributed by atoms with E-state index in [1.54, 1.807) is 19.1 Å². The molecule has 12 heavy (non-hydrogen) atoms. The van der Waals surface area contributed by atoms with Crippen molar-refractivity contribution in [2.24, 2.45) is 5.73 Å². The number of nitrogens with two attached hydrogens (primary N) is 1. The Morgan fingerprint density at radius 3 is 2.75 bits per heavy atom. The predicted octanol–water partition coefficient (Wildman–Crippen LogP) is 2.32. The molecule has 0 aromatic heterocycles. The van der Waals surface area contributed by atoms with Crippen LogP contribution in [0.4, 0.5) is 4.39 Å². The topological polar surface area (TPSA) is 26.0 Å². The molecule has 2 N–H and O–H groups in total. The Morgan fingerprint density at radius 1 is 1.58 bits per heavy atom. The second-order valence-electron chi connectivity index (χ2n) is 2.77. The molecule has 0 heterocycles. The molecule has 0 saturated carbocycles. The van der Waals surface area contributed by atoms with Crippen LogP contribution in [0.5, 0.6) is 0 Å². The van der Waals surface area contributed by atoms with Crippen LogP contribution in [0.15, 0.2) is 30.9 Å². The maximum Gasteiger partial charge on any atom is 0.126 e. The summed E-state index contributed by atoms with van der Waals surface area (Å²) in [6.45, 7) is 5.26. The second kappa shape index (κ2) is 3.50. The number of rotatable bonds is 2. The molecule has 1 nitrogen and oxygen atoms in total. The van der Waals surface area contributed by atoms with Gasteiger partial charge in [0.05, 0.1) is 0 Å². The van der Waals surface area contributed by atoms with Gasteiger partial charge in [0, 0.05) is 6.04 Å². The lowest BCUT2D eigenvalue weighted by Crippen LogP contribution is -2.06. The first kappa shape index (κ1) is 8.94. The molecule has 0 saturated heterocycles. The third-order valence-electron chi connectivity index (χ3n) is 1.83. The molecule has 0 aliphatic rings. The largest absolute Gasteiger partial charge is 0.321 e. The van der Waals surface area contributed by atoms with E-state index in [-0.39, 0.29) is 11.9 Å². The first-order valence-corrected chi connectivity index (χ1v) is 3.79. The van der Waals surface area contributed by atoms with Crippen LogP contribution in [0.25, 0.3) is 0 Å². The van der Waals surface area contributed by atoms with Crippen molar-refractivity contribution >= 4 is 0 Å². The van der Waals surface area contributed by atoms with Crippen molar-refractivity contribution < 1.29 is 4.39 Å². The van der Waals surface area contributed by atoms with E-state index in [2.05, 4.69) is 6.58 Å². The Bertz CT molecular complexity index is 294. The molecule has 0 fully saturated rings. The average Bonchev–Trinajstić information content (AvgIpc) is 2.08. The molecule has 0 aliphatic heterocycles. The highest BCUT2D eigenvalue weighted by molar-refractivity contribution is 5.27. The highest BCUT2D eigenvalue weighted by atomic mass is 19.1.